The quantitative estimate of drug-likeness (QED) is 0.802. The zero-order valence-electron chi connectivity index (χ0n) is 11.0. The van der Waals surface area contributed by atoms with Crippen molar-refractivity contribution >= 4 is 11.6 Å². The lowest BCUT2D eigenvalue weighted by atomic mass is 10.1. The maximum atomic E-state index is 12.9. The predicted molar refractivity (Wildman–Crippen MR) is 75.2 cm³/mol. The fourth-order valence-electron chi connectivity index (χ4n) is 1.86. The maximum Gasteiger partial charge on any atom is 0.259 e. The van der Waals surface area contributed by atoms with Crippen molar-refractivity contribution in [3.05, 3.63) is 59.4 Å². The molecule has 0 aromatic heterocycles. The van der Waals surface area contributed by atoms with Crippen LogP contribution in [0.5, 0.6) is 5.75 Å². The monoisotopic (exact) mass is 274 g/mol. The van der Waals surface area contributed by atoms with E-state index in [4.69, 9.17) is 0 Å². The third-order valence-corrected chi connectivity index (χ3v) is 2.77. The second kappa shape index (κ2) is 6.16. The number of phenolic OH excluding ortho intramolecular Hbond substituents is 1. The summed E-state index contributed by atoms with van der Waals surface area (Å²) in [5.74, 6) is -1.45. The number of halogens is 1. The molecular weight excluding hydrogens is 259 g/mol. The molecule has 0 aliphatic heterocycles. The van der Waals surface area contributed by atoms with Crippen LogP contribution in [0.15, 0.2) is 42.5 Å². The normalized spacial score (nSPS) is 10.3. The van der Waals surface area contributed by atoms with E-state index in [9.17, 15) is 14.3 Å². The number of anilines is 1. The zero-order chi connectivity index (χ0) is 14.5. The van der Waals surface area contributed by atoms with Gasteiger partial charge in [0.15, 0.2) is 0 Å². The molecule has 0 unspecified atom stereocenters. The van der Waals surface area contributed by atoms with Crippen molar-refractivity contribution in [2.45, 2.75) is 6.54 Å². The Morgan fingerprint density at radius 1 is 1.25 bits per heavy atom. The zero-order valence-corrected chi connectivity index (χ0v) is 11.0. The SMILES string of the molecule is CNCc1cccc(NC(=O)c2ccc(F)cc2O)c1. The fraction of sp³-hybridized carbons (Fsp3) is 0.133. The van der Waals surface area contributed by atoms with Crippen LogP contribution in [0.25, 0.3) is 0 Å². The van der Waals surface area contributed by atoms with Gasteiger partial charge in [0.05, 0.1) is 5.56 Å². The Bertz CT molecular complexity index is 629. The van der Waals surface area contributed by atoms with Crippen LogP contribution in [0.3, 0.4) is 0 Å². The summed E-state index contributed by atoms with van der Waals surface area (Å²) in [4.78, 5) is 12.0. The number of nitrogens with one attached hydrogen (secondary N) is 2. The van der Waals surface area contributed by atoms with Gasteiger partial charge in [-0.3, -0.25) is 4.79 Å². The van der Waals surface area contributed by atoms with Gasteiger partial charge in [0, 0.05) is 18.3 Å². The van der Waals surface area contributed by atoms with Gasteiger partial charge in [-0.2, -0.15) is 0 Å². The van der Waals surface area contributed by atoms with Crippen LogP contribution < -0.4 is 10.6 Å². The van der Waals surface area contributed by atoms with Crippen LogP contribution in [-0.2, 0) is 6.54 Å². The lowest BCUT2D eigenvalue weighted by Crippen LogP contribution is -2.13. The van der Waals surface area contributed by atoms with Crippen LogP contribution in [-0.4, -0.2) is 18.1 Å². The first-order chi connectivity index (χ1) is 9.60. The molecule has 0 fully saturated rings. The smallest absolute Gasteiger partial charge is 0.259 e. The Kier molecular flexibility index (Phi) is 4.32. The van der Waals surface area contributed by atoms with Crippen LogP contribution in [0, 0.1) is 5.82 Å². The van der Waals surface area contributed by atoms with Crippen LogP contribution >= 0.6 is 0 Å². The van der Waals surface area contributed by atoms with Gasteiger partial charge in [-0.25, -0.2) is 4.39 Å². The average Bonchev–Trinajstić information content (AvgIpc) is 2.39. The van der Waals surface area contributed by atoms with Crippen molar-refractivity contribution in [1.82, 2.24) is 5.32 Å². The van der Waals surface area contributed by atoms with E-state index < -0.39 is 11.7 Å². The number of rotatable bonds is 4. The molecule has 0 atom stereocenters. The molecule has 1 amide bonds. The summed E-state index contributed by atoms with van der Waals surface area (Å²) in [6, 6.07) is 10.6. The van der Waals surface area contributed by atoms with Gasteiger partial charge in [0.25, 0.3) is 5.91 Å². The third kappa shape index (κ3) is 3.33. The number of aromatic hydroxyl groups is 1. The highest BCUT2D eigenvalue weighted by Crippen LogP contribution is 2.20. The van der Waals surface area contributed by atoms with Gasteiger partial charge in [0.1, 0.15) is 11.6 Å². The van der Waals surface area contributed by atoms with Crippen molar-refractivity contribution in [2.75, 3.05) is 12.4 Å². The molecule has 0 spiro atoms. The highest BCUT2D eigenvalue weighted by Gasteiger charge is 2.12. The minimum atomic E-state index is -0.588. The molecule has 20 heavy (non-hydrogen) atoms. The van der Waals surface area contributed by atoms with E-state index in [1.807, 2.05) is 25.2 Å². The molecule has 3 N–H and O–H groups in total. The van der Waals surface area contributed by atoms with Crippen LogP contribution in [0.1, 0.15) is 15.9 Å². The average molecular weight is 274 g/mol. The molecule has 104 valence electrons. The van der Waals surface area contributed by atoms with Crippen LogP contribution in [0.4, 0.5) is 10.1 Å². The van der Waals surface area contributed by atoms with E-state index in [-0.39, 0.29) is 11.3 Å². The molecule has 4 nitrogen and oxygen atoms in total. The maximum absolute atomic E-state index is 12.9. The standard InChI is InChI=1S/C15H15FN2O2/c1-17-9-10-3-2-4-12(7-10)18-15(20)13-6-5-11(16)8-14(13)19/h2-8,17,19H,9H2,1H3,(H,18,20). The summed E-state index contributed by atoms with van der Waals surface area (Å²) in [6.07, 6.45) is 0. The Balaban J connectivity index is 2.17. The molecule has 0 saturated carbocycles. The molecule has 2 aromatic carbocycles. The second-order valence-electron chi connectivity index (χ2n) is 4.35. The Labute approximate surface area is 116 Å². The van der Waals surface area contributed by atoms with Crippen molar-refractivity contribution < 1.29 is 14.3 Å². The number of hydrogen-bond acceptors (Lipinski definition) is 3. The fourth-order valence-corrected chi connectivity index (χ4v) is 1.86. The molecule has 0 radical (unpaired) electrons. The first kappa shape index (κ1) is 14.0. The molecule has 5 heteroatoms. The lowest BCUT2D eigenvalue weighted by Gasteiger charge is -2.08. The molecule has 2 aromatic rings. The largest absolute Gasteiger partial charge is 0.507 e. The summed E-state index contributed by atoms with van der Waals surface area (Å²) >= 11 is 0. The van der Waals surface area contributed by atoms with Crippen molar-refractivity contribution in [3.8, 4) is 5.75 Å². The molecule has 0 aliphatic carbocycles. The van der Waals surface area contributed by atoms with Crippen LogP contribution in [0.2, 0.25) is 0 Å². The van der Waals surface area contributed by atoms with Gasteiger partial charge in [-0.15, -0.1) is 0 Å². The predicted octanol–water partition coefficient (Wildman–Crippen LogP) is 2.50. The van der Waals surface area contributed by atoms with E-state index in [0.717, 1.165) is 17.7 Å². The van der Waals surface area contributed by atoms with E-state index in [1.54, 1.807) is 6.07 Å². The topological polar surface area (TPSA) is 61.4 Å². The molecule has 0 heterocycles. The lowest BCUT2D eigenvalue weighted by molar-refractivity contribution is 0.102. The number of amides is 1. The minimum absolute atomic E-state index is 0.0328. The third-order valence-electron chi connectivity index (χ3n) is 2.77. The number of benzene rings is 2. The Morgan fingerprint density at radius 3 is 2.75 bits per heavy atom. The summed E-state index contributed by atoms with van der Waals surface area (Å²) in [7, 11) is 1.84. The summed E-state index contributed by atoms with van der Waals surface area (Å²) in [5, 5.41) is 15.3. The van der Waals surface area contributed by atoms with Gasteiger partial charge in [0.2, 0.25) is 0 Å². The number of phenols is 1. The van der Waals surface area contributed by atoms with E-state index >= 15 is 0 Å². The summed E-state index contributed by atoms with van der Waals surface area (Å²) < 4.78 is 12.9. The summed E-state index contributed by atoms with van der Waals surface area (Å²) in [5.41, 5.74) is 1.67. The van der Waals surface area contributed by atoms with Crippen molar-refractivity contribution in [3.63, 3.8) is 0 Å². The molecule has 0 aliphatic rings. The molecular formula is C15H15FN2O2. The summed E-state index contributed by atoms with van der Waals surface area (Å²) in [6.45, 7) is 0.686. The first-order valence-corrected chi connectivity index (χ1v) is 6.13. The van der Waals surface area contributed by atoms with Gasteiger partial charge < -0.3 is 15.7 Å². The van der Waals surface area contributed by atoms with Gasteiger partial charge >= 0.3 is 0 Å². The van der Waals surface area contributed by atoms with E-state index in [2.05, 4.69) is 10.6 Å². The number of carbonyl (C=O) groups is 1. The van der Waals surface area contributed by atoms with Crippen molar-refractivity contribution in [2.24, 2.45) is 0 Å². The number of hydrogen-bond donors (Lipinski definition) is 3. The Morgan fingerprint density at radius 2 is 2.05 bits per heavy atom. The van der Waals surface area contributed by atoms with E-state index in [0.29, 0.717) is 12.2 Å². The number of carbonyl (C=O) groups excluding carboxylic acids is 1. The van der Waals surface area contributed by atoms with E-state index in [1.165, 1.54) is 6.07 Å². The molecule has 0 saturated heterocycles. The molecule has 2 rings (SSSR count). The highest BCUT2D eigenvalue weighted by molar-refractivity contribution is 6.06. The van der Waals surface area contributed by atoms with Gasteiger partial charge in [-0.1, -0.05) is 12.1 Å². The Hall–Kier alpha value is -2.40. The van der Waals surface area contributed by atoms with Gasteiger partial charge in [-0.05, 0) is 36.9 Å². The highest BCUT2D eigenvalue weighted by atomic mass is 19.1. The first-order valence-electron chi connectivity index (χ1n) is 6.13. The molecule has 0 bridgehead atoms. The second-order valence-corrected chi connectivity index (χ2v) is 4.35. The van der Waals surface area contributed by atoms with Crippen molar-refractivity contribution in [1.29, 1.82) is 0 Å². The minimum Gasteiger partial charge on any atom is -0.507 e.